The molecule has 33 heavy (non-hydrogen) atoms. The van der Waals surface area contributed by atoms with Gasteiger partial charge in [0.15, 0.2) is 6.10 Å². The van der Waals surface area contributed by atoms with E-state index in [-0.39, 0.29) is 24.5 Å². The number of carbonyl (C=O) groups is 3. The van der Waals surface area contributed by atoms with Gasteiger partial charge in [-0.15, -0.1) is 0 Å². The highest BCUT2D eigenvalue weighted by Crippen LogP contribution is 2.31. The number of aliphatic hydroxyl groups is 1. The molecule has 3 rings (SSSR count). The molecule has 1 aromatic carbocycles. The van der Waals surface area contributed by atoms with Crippen LogP contribution in [0.25, 0.3) is 0 Å². The molecule has 8 heteroatoms. The highest BCUT2D eigenvalue weighted by Gasteiger charge is 2.37. The van der Waals surface area contributed by atoms with Gasteiger partial charge in [-0.3, -0.25) is 9.59 Å². The summed E-state index contributed by atoms with van der Waals surface area (Å²) in [6.45, 7) is 2.36. The van der Waals surface area contributed by atoms with Crippen molar-refractivity contribution in [2.24, 2.45) is 17.6 Å². The van der Waals surface area contributed by atoms with E-state index in [2.05, 4.69) is 5.32 Å². The zero-order chi connectivity index (χ0) is 23.8. The van der Waals surface area contributed by atoms with E-state index in [0.717, 1.165) is 31.2 Å². The fourth-order valence-electron chi connectivity index (χ4n) is 5.17. The summed E-state index contributed by atoms with van der Waals surface area (Å²) in [6.07, 6.45) is 4.88. The van der Waals surface area contributed by atoms with Crippen LogP contribution in [0.1, 0.15) is 69.9 Å². The Labute approximate surface area is 195 Å². The second-order valence-electron chi connectivity index (χ2n) is 9.39. The zero-order valence-electron chi connectivity index (χ0n) is 19.4. The molecule has 1 aliphatic carbocycles. The average molecular weight is 460 g/mol. The van der Waals surface area contributed by atoms with Crippen molar-refractivity contribution in [2.45, 2.75) is 76.5 Å². The number of benzene rings is 1. The van der Waals surface area contributed by atoms with Crippen LogP contribution in [0.5, 0.6) is 0 Å². The Kier molecular flexibility index (Phi) is 9.11. The van der Waals surface area contributed by atoms with Crippen LogP contribution in [0.3, 0.4) is 0 Å². The molecule has 4 atom stereocenters. The summed E-state index contributed by atoms with van der Waals surface area (Å²) in [4.78, 5) is 39.2. The lowest BCUT2D eigenvalue weighted by atomic mass is 9.85. The Morgan fingerprint density at radius 3 is 2.48 bits per heavy atom. The third-order valence-corrected chi connectivity index (χ3v) is 7.06. The number of aliphatic hydroxyl groups excluding tert-OH is 1. The van der Waals surface area contributed by atoms with Gasteiger partial charge in [0.2, 0.25) is 5.91 Å². The molecule has 3 amide bonds. The Morgan fingerprint density at radius 1 is 1.15 bits per heavy atom. The van der Waals surface area contributed by atoms with Gasteiger partial charge >= 0.3 is 6.09 Å². The lowest BCUT2D eigenvalue weighted by molar-refractivity contribution is -0.135. The number of rotatable bonds is 10. The number of hydrogen-bond acceptors (Lipinski definition) is 5. The molecule has 1 saturated carbocycles. The van der Waals surface area contributed by atoms with E-state index in [1.807, 2.05) is 42.2 Å². The van der Waals surface area contributed by atoms with Crippen molar-refractivity contribution >= 4 is 17.9 Å². The molecule has 1 aromatic rings. The SMILES string of the molecule is CC(c1ccccc1)N1CCC(CC(CO)NC(=O)C(CC2CCCCC2)OC(N)=O)C1=O. The first-order valence-electron chi connectivity index (χ1n) is 12.1. The largest absolute Gasteiger partial charge is 0.436 e. The van der Waals surface area contributed by atoms with Crippen LogP contribution < -0.4 is 11.1 Å². The molecular weight excluding hydrogens is 422 g/mol. The predicted molar refractivity (Wildman–Crippen MR) is 124 cm³/mol. The number of likely N-dealkylation sites (tertiary alicyclic amines) is 1. The van der Waals surface area contributed by atoms with Crippen LogP contribution in [0.15, 0.2) is 30.3 Å². The molecule has 4 unspecified atom stereocenters. The smallest absolute Gasteiger partial charge is 0.405 e. The lowest BCUT2D eigenvalue weighted by Gasteiger charge is -2.28. The van der Waals surface area contributed by atoms with Gasteiger partial charge in [-0.25, -0.2) is 4.79 Å². The number of amides is 3. The summed E-state index contributed by atoms with van der Waals surface area (Å²) >= 11 is 0. The fourth-order valence-corrected chi connectivity index (χ4v) is 5.17. The first-order chi connectivity index (χ1) is 15.9. The summed E-state index contributed by atoms with van der Waals surface area (Å²) in [7, 11) is 0. The maximum absolute atomic E-state index is 13.0. The third kappa shape index (κ3) is 6.93. The normalized spacial score (nSPS) is 21.9. The number of ether oxygens (including phenoxy) is 1. The van der Waals surface area contributed by atoms with Crippen molar-refractivity contribution in [3.8, 4) is 0 Å². The third-order valence-electron chi connectivity index (χ3n) is 7.06. The van der Waals surface area contributed by atoms with E-state index in [0.29, 0.717) is 31.7 Å². The molecular formula is C25H37N3O5. The molecule has 0 radical (unpaired) electrons. The molecule has 2 fully saturated rings. The Morgan fingerprint density at radius 2 is 1.85 bits per heavy atom. The van der Waals surface area contributed by atoms with E-state index < -0.39 is 24.1 Å². The minimum Gasteiger partial charge on any atom is -0.436 e. The summed E-state index contributed by atoms with van der Waals surface area (Å²) in [5.74, 6) is -0.391. The minimum absolute atomic E-state index is 0.0327. The van der Waals surface area contributed by atoms with Gasteiger partial charge in [0.05, 0.1) is 18.7 Å². The quantitative estimate of drug-likeness (QED) is 0.497. The molecule has 0 spiro atoms. The standard InChI is InChI=1S/C25H37N3O5/c1-17(19-10-6-3-7-11-19)28-13-12-20(24(28)31)15-21(16-29)27-23(30)22(33-25(26)32)14-18-8-4-2-5-9-18/h3,6-7,10-11,17-18,20-22,29H,2,4-5,8-9,12-16H2,1H3,(H2,26,32)(H,27,30). The second kappa shape index (κ2) is 12.0. The van der Waals surface area contributed by atoms with Gasteiger partial charge in [0, 0.05) is 12.5 Å². The fraction of sp³-hybridized carbons (Fsp3) is 0.640. The molecule has 1 heterocycles. The molecule has 182 valence electrons. The maximum atomic E-state index is 13.0. The van der Waals surface area contributed by atoms with E-state index in [9.17, 15) is 19.5 Å². The second-order valence-corrected chi connectivity index (χ2v) is 9.39. The summed E-state index contributed by atoms with van der Waals surface area (Å²) < 4.78 is 5.12. The number of hydrogen-bond donors (Lipinski definition) is 3. The van der Waals surface area contributed by atoms with Crippen molar-refractivity contribution in [3.05, 3.63) is 35.9 Å². The predicted octanol–water partition coefficient (Wildman–Crippen LogP) is 2.90. The van der Waals surface area contributed by atoms with Crippen LogP contribution in [-0.2, 0) is 14.3 Å². The number of nitrogens with zero attached hydrogens (tertiary/aromatic N) is 1. The summed E-state index contributed by atoms with van der Waals surface area (Å²) in [5, 5.41) is 12.7. The highest BCUT2D eigenvalue weighted by molar-refractivity contribution is 5.84. The average Bonchev–Trinajstić information content (AvgIpc) is 3.18. The van der Waals surface area contributed by atoms with Crippen molar-refractivity contribution < 1.29 is 24.2 Å². The van der Waals surface area contributed by atoms with E-state index in [4.69, 9.17) is 10.5 Å². The Bertz CT molecular complexity index is 796. The van der Waals surface area contributed by atoms with Crippen LogP contribution in [0, 0.1) is 11.8 Å². The molecule has 8 nitrogen and oxygen atoms in total. The van der Waals surface area contributed by atoms with Gasteiger partial charge in [-0.1, -0.05) is 62.4 Å². The maximum Gasteiger partial charge on any atom is 0.405 e. The van der Waals surface area contributed by atoms with Crippen LogP contribution >= 0.6 is 0 Å². The zero-order valence-corrected chi connectivity index (χ0v) is 19.4. The number of carbonyl (C=O) groups excluding carboxylic acids is 3. The molecule has 4 N–H and O–H groups in total. The van der Waals surface area contributed by atoms with Gasteiger partial charge < -0.3 is 25.8 Å². The van der Waals surface area contributed by atoms with Crippen LogP contribution in [0.4, 0.5) is 4.79 Å². The van der Waals surface area contributed by atoms with Crippen molar-refractivity contribution in [2.75, 3.05) is 13.2 Å². The molecule has 0 aromatic heterocycles. The number of primary amides is 1. The van der Waals surface area contributed by atoms with Crippen LogP contribution in [0.2, 0.25) is 0 Å². The molecule has 1 aliphatic heterocycles. The van der Waals surface area contributed by atoms with E-state index in [1.165, 1.54) is 6.42 Å². The molecule has 1 saturated heterocycles. The summed E-state index contributed by atoms with van der Waals surface area (Å²) in [5.41, 5.74) is 6.28. The lowest BCUT2D eigenvalue weighted by Crippen LogP contribution is -2.47. The van der Waals surface area contributed by atoms with Crippen molar-refractivity contribution in [1.29, 1.82) is 0 Å². The molecule has 0 bridgehead atoms. The monoisotopic (exact) mass is 459 g/mol. The number of nitrogens with one attached hydrogen (secondary N) is 1. The van der Waals surface area contributed by atoms with Crippen molar-refractivity contribution in [3.63, 3.8) is 0 Å². The van der Waals surface area contributed by atoms with E-state index >= 15 is 0 Å². The highest BCUT2D eigenvalue weighted by atomic mass is 16.6. The van der Waals surface area contributed by atoms with Gasteiger partial charge in [-0.05, 0) is 37.7 Å². The van der Waals surface area contributed by atoms with Gasteiger partial charge in [-0.2, -0.15) is 0 Å². The Balaban J connectivity index is 1.57. The van der Waals surface area contributed by atoms with Gasteiger partial charge in [0.25, 0.3) is 5.91 Å². The molecule has 2 aliphatic rings. The minimum atomic E-state index is -0.983. The number of nitrogens with two attached hydrogens (primary N) is 1. The van der Waals surface area contributed by atoms with E-state index in [1.54, 1.807) is 0 Å². The van der Waals surface area contributed by atoms with Crippen molar-refractivity contribution in [1.82, 2.24) is 10.2 Å². The van der Waals surface area contributed by atoms with Gasteiger partial charge in [0.1, 0.15) is 0 Å². The Hall–Kier alpha value is -2.61. The first kappa shape index (κ1) is 25.0. The summed E-state index contributed by atoms with van der Waals surface area (Å²) in [6, 6.07) is 9.25. The topological polar surface area (TPSA) is 122 Å². The first-order valence-corrected chi connectivity index (χ1v) is 12.1. The van der Waals surface area contributed by atoms with Crippen LogP contribution in [-0.4, -0.2) is 53.2 Å².